The predicted molar refractivity (Wildman–Crippen MR) is 111 cm³/mol. The third-order valence-corrected chi connectivity index (χ3v) is 5.39. The van der Waals surface area contributed by atoms with Crippen LogP contribution >= 0.6 is 0 Å². The molecule has 0 bridgehead atoms. The molecule has 2 aromatic rings. The fraction of sp³-hybridized carbons (Fsp3) is 0.250. The summed E-state index contributed by atoms with van der Waals surface area (Å²) in [5.41, 5.74) is 1.79. The lowest BCUT2D eigenvalue weighted by atomic mass is 10.2. The molecule has 0 aliphatic rings. The Balaban J connectivity index is 1.88. The number of rotatable bonds is 8. The normalized spacial score (nSPS) is 12.0. The van der Waals surface area contributed by atoms with Gasteiger partial charge >= 0.3 is 5.97 Å². The molecule has 0 aromatic heterocycles. The van der Waals surface area contributed by atoms with E-state index in [4.69, 9.17) is 4.74 Å². The van der Waals surface area contributed by atoms with Gasteiger partial charge < -0.3 is 15.4 Å². The molecular weight excluding hydrogens is 410 g/mol. The van der Waals surface area contributed by atoms with Crippen molar-refractivity contribution in [2.45, 2.75) is 31.7 Å². The minimum Gasteiger partial charge on any atom is -0.454 e. The maximum Gasteiger partial charge on any atom is 0.324 e. The minimum absolute atomic E-state index is 0.0181. The number of hydrogen-bond donors (Lipinski definition) is 3. The molecule has 30 heavy (non-hydrogen) atoms. The summed E-state index contributed by atoms with van der Waals surface area (Å²) in [5.74, 6) is -1.76. The second-order valence-electron chi connectivity index (χ2n) is 6.57. The average Bonchev–Trinajstić information content (AvgIpc) is 2.65. The SMILES string of the molecule is CC(=O)Nc1cccc(NC(=O)COC(=O)[C@H](C)NS(=O)(=O)c2ccc(C)cc2)c1. The zero-order chi connectivity index (χ0) is 22.3. The minimum atomic E-state index is -3.91. The van der Waals surface area contributed by atoms with Gasteiger partial charge in [0, 0.05) is 18.3 Å². The van der Waals surface area contributed by atoms with Crippen LogP contribution in [0, 0.1) is 6.92 Å². The summed E-state index contributed by atoms with van der Waals surface area (Å²) < 4.78 is 31.7. The van der Waals surface area contributed by atoms with Crippen LogP contribution in [0.3, 0.4) is 0 Å². The summed E-state index contributed by atoms with van der Waals surface area (Å²) in [5, 5.41) is 5.10. The van der Waals surface area contributed by atoms with Crippen molar-refractivity contribution in [3.05, 3.63) is 54.1 Å². The number of carbonyl (C=O) groups excluding carboxylic acids is 3. The molecule has 10 heteroatoms. The number of anilines is 2. The van der Waals surface area contributed by atoms with Crippen LogP contribution in [0.5, 0.6) is 0 Å². The van der Waals surface area contributed by atoms with Crippen molar-refractivity contribution in [2.24, 2.45) is 0 Å². The highest BCUT2D eigenvalue weighted by Gasteiger charge is 2.23. The molecule has 0 aliphatic carbocycles. The van der Waals surface area contributed by atoms with Crippen molar-refractivity contribution in [3.8, 4) is 0 Å². The number of benzene rings is 2. The lowest BCUT2D eigenvalue weighted by Gasteiger charge is -2.14. The molecule has 160 valence electrons. The average molecular weight is 433 g/mol. The van der Waals surface area contributed by atoms with Gasteiger partial charge in [-0.1, -0.05) is 23.8 Å². The van der Waals surface area contributed by atoms with E-state index in [1.807, 2.05) is 6.92 Å². The van der Waals surface area contributed by atoms with Crippen LogP contribution in [-0.4, -0.2) is 38.9 Å². The quantitative estimate of drug-likeness (QED) is 0.544. The van der Waals surface area contributed by atoms with E-state index in [-0.39, 0.29) is 10.8 Å². The Morgan fingerprint density at radius 3 is 2.20 bits per heavy atom. The molecule has 0 spiro atoms. The van der Waals surface area contributed by atoms with E-state index in [0.717, 1.165) is 5.56 Å². The second kappa shape index (κ2) is 9.99. The number of nitrogens with one attached hydrogen (secondary N) is 3. The number of hydrogen-bond acceptors (Lipinski definition) is 6. The van der Waals surface area contributed by atoms with Crippen molar-refractivity contribution in [1.29, 1.82) is 0 Å². The first kappa shape index (κ1) is 23.0. The number of sulfonamides is 1. The van der Waals surface area contributed by atoms with Crippen molar-refractivity contribution in [1.82, 2.24) is 4.72 Å². The number of ether oxygens (including phenoxy) is 1. The first-order valence-corrected chi connectivity index (χ1v) is 10.5. The summed E-state index contributed by atoms with van der Waals surface area (Å²) in [6.07, 6.45) is 0. The molecule has 3 N–H and O–H groups in total. The van der Waals surface area contributed by atoms with E-state index in [1.165, 1.54) is 26.0 Å². The molecule has 0 radical (unpaired) electrons. The fourth-order valence-corrected chi connectivity index (χ4v) is 3.60. The van der Waals surface area contributed by atoms with Gasteiger partial charge in [-0.2, -0.15) is 4.72 Å². The first-order chi connectivity index (χ1) is 14.1. The molecule has 0 unspecified atom stereocenters. The van der Waals surface area contributed by atoms with Crippen LogP contribution in [0.25, 0.3) is 0 Å². The Morgan fingerprint density at radius 1 is 1.00 bits per heavy atom. The Labute approximate surface area is 174 Å². The molecule has 0 saturated carbocycles. The molecule has 0 fully saturated rings. The zero-order valence-electron chi connectivity index (χ0n) is 16.8. The van der Waals surface area contributed by atoms with Crippen LogP contribution in [0.1, 0.15) is 19.4 Å². The largest absolute Gasteiger partial charge is 0.454 e. The Bertz CT molecular complexity index is 1030. The van der Waals surface area contributed by atoms with Gasteiger partial charge in [0.05, 0.1) is 4.90 Å². The van der Waals surface area contributed by atoms with Gasteiger partial charge in [0.2, 0.25) is 15.9 Å². The molecule has 9 nitrogen and oxygen atoms in total. The molecule has 1 atom stereocenters. The van der Waals surface area contributed by atoms with Crippen LogP contribution in [0.4, 0.5) is 11.4 Å². The van der Waals surface area contributed by atoms with Crippen LogP contribution < -0.4 is 15.4 Å². The number of aryl methyl sites for hydroxylation is 1. The van der Waals surface area contributed by atoms with Gasteiger partial charge in [-0.05, 0) is 44.2 Å². The third kappa shape index (κ3) is 6.98. The monoisotopic (exact) mass is 433 g/mol. The molecule has 2 rings (SSSR count). The molecule has 0 aliphatic heterocycles. The van der Waals surface area contributed by atoms with E-state index < -0.39 is 34.5 Å². The molecular formula is C20H23N3O6S. The summed E-state index contributed by atoms with van der Waals surface area (Å²) in [4.78, 5) is 35.2. The van der Waals surface area contributed by atoms with Crippen molar-refractivity contribution < 1.29 is 27.5 Å². The predicted octanol–water partition coefficient (Wildman–Crippen LogP) is 1.80. The van der Waals surface area contributed by atoms with E-state index >= 15 is 0 Å². The zero-order valence-corrected chi connectivity index (χ0v) is 17.6. The topological polar surface area (TPSA) is 131 Å². The van der Waals surface area contributed by atoms with Gasteiger partial charge in [0.15, 0.2) is 6.61 Å². The van der Waals surface area contributed by atoms with Crippen LogP contribution in [-0.2, 0) is 29.1 Å². The highest BCUT2D eigenvalue weighted by Crippen LogP contribution is 2.15. The Hall–Kier alpha value is -3.24. The van der Waals surface area contributed by atoms with Crippen LogP contribution in [0.2, 0.25) is 0 Å². The maximum atomic E-state index is 12.3. The molecule has 0 saturated heterocycles. The number of carbonyl (C=O) groups is 3. The fourth-order valence-electron chi connectivity index (χ4n) is 2.40. The van der Waals surface area contributed by atoms with Crippen LogP contribution in [0.15, 0.2) is 53.4 Å². The van der Waals surface area contributed by atoms with E-state index in [1.54, 1.807) is 36.4 Å². The lowest BCUT2D eigenvalue weighted by Crippen LogP contribution is -2.40. The smallest absolute Gasteiger partial charge is 0.324 e. The molecule has 2 aromatic carbocycles. The standard InChI is InChI=1S/C20H23N3O6S/c1-13-7-9-18(10-8-13)30(27,28)23-14(2)20(26)29-12-19(25)22-17-6-4-5-16(11-17)21-15(3)24/h4-11,14,23H,12H2,1-3H3,(H,21,24)(H,22,25)/t14-/m0/s1. The van der Waals surface area contributed by atoms with Gasteiger partial charge in [-0.15, -0.1) is 0 Å². The van der Waals surface area contributed by atoms with E-state index in [2.05, 4.69) is 15.4 Å². The van der Waals surface area contributed by atoms with E-state index in [9.17, 15) is 22.8 Å². The van der Waals surface area contributed by atoms with Gasteiger partial charge in [-0.25, -0.2) is 8.42 Å². The summed E-state index contributed by atoms with van der Waals surface area (Å²) in [7, 11) is -3.91. The molecule has 2 amide bonds. The highest BCUT2D eigenvalue weighted by atomic mass is 32.2. The first-order valence-electron chi connectivity index (χ1n) is 9.00. The summed E-state index contributed by atoms with van der Waals surface area (Å²) in [6.45, 7) is 3.91. The molecule has 0 heterocycles. The summed E-state index contributed by atoms with van der Waals surface area (Å²) in [6, 6.07) is 11.4. The van der Waals surface area contributed by atoms with Crippen molar-refractivity contribution in [2.75, 3.05) is 17.2 Å². The van der Waals surface area contributed by atoms with Gasteiger partial charge in [-0.3, -0.25) is 14.4 Å². The Kier molecular flexibility index (Phi) is 7.67. The maximum absolute atomic E-state index is 12.3. The lowest BCUT2D eigenvalue weighted by molar-refractivity contribution is -0.148. The highest BCUT2D eigenvalue weighted by molar-refractivity contribution is 7.89. The van der Waals surface area contributed by atoms with Crippen molar-refractivity contribution in [3.63, 3.8) is 0 Å². The van der Waals surface area contributed by atoms with Crippen molar-refractivity contribution >= 4 is 39.2 Å². The number of esters is 1. The van der Waals surface area contributed by atoms with Gasteiger partial charge in [0.1, 0.15) is 6.04 Å². The van der Waals surface area contributed by atoms with E-state index in [0.29, 0.717) is 11.4 Å². The second-order valence-corrected chi connectivity index (χ2v) is 8.29. The Morgan fingerprint density at radius 2 is 1.60 bits per heavy atom. The number of amides is 2. The third-order valence-electron chi connectivity index (χ3n) is 3.83. The van der Waals surface area contributed by atoms with Gasteiger partial charge in [0.25, 0.3) is 5.91 Å². The summed E-state index contributed by atoms with van der Waals surface area (Å²) >= 11 is 0.